The Balaban J connectivity index is 2.61. The fourth-order valence-electron chi connectivity index (χ4n) is 0.816. The lowest BCUT2D eigenvalue weighted by Crippen LogP contribution is -2.02. The highest BCUT2D eigenvalue weighted by molar-refractivity contribution is 5.89. The van der Waals surface area contributed by atoms with Gasteiger partial charge in [0.05, 0.1) is 0 Å². The van der Waals surface area contributed by atoms with E-state index in [2.05, 4.69) is 0 Å². The third kappa shape index (κ3) is 2.23. The SMILES string of the molecule is C/C=C/C=C/C(=O)n1cccc1. The zero-order chi connectivity index (χ0) is 8.81. The van der Waals surface area contributed by atoms with Gasteiger partial charge in [-0.1, -0.05) is 18.2 Å². The van der Waals surface area contributed by atoms with Crippen LogP contribution in [0.4, 0.5) is 0 Å². The molecule has 12 heavy (non-hydrogen) atoms. The molecule has 0 amide bonds. The minimum absolute atomic E-state index is 0.0295. The minimum atomic E-state index is -0.0295. The fraction of sp³-hybridized carbons (Fsp3) is 0.100. The Morgan fingerprint density at radius 1 is 1.25 bits per heavy atom. The van der Waals surface area contributed by atoms with Gasteiger partial charge in [0, 0.05) is 18.5 Å². The average molecular weight is 161 g/mol. The molecule has 2 heteroatoms. The van der Waals surface area contributed by atoms with E-state index in [4.69, 9.17) is 0 Å². The average Bonchev–Trinajstić information content (AvgIpc) is 2.56. The quantitative estimate of drug-likeness (QED) is 0.481. The third-order valence-electron chi connectivity index (χ3n) is 1.40. The number of allylic oxidation sites excluding steroid dienone is 4. The number of rotatable bonds is 2. The summed E-state index contributed by atoms with van der Waals surface area (Å²) >= 11 is 0. The predicted molar refractivity (Wildman–Crippen MR) is 49.0 cm³/mol. The van der Waals surface area contributed by atoms with Crippen LogP contribution in [0.25, 0.3) is 0 Å². The van der Waals surface area contributed by atoms with Crippen molar-refractivity contribution in [3.63, 3.8) is 0 Å². The van der Waals surface area contributed by atoms with Crippen molar-refractivity contribution in [1.29, 1.82) is 0 Å². The molecular weight excluding hydrogens is 150 g/mol. The molecule has 0 aliphatic rings. The van der Waals surface area contributed by atoms with Crippen molar-refractivity contribution in [2.24, 2.45) is 0 Å². The first-order valence-electron chi connectivity index (χ1n) is 3.81. The van der Waals surface area contributed by atoms with Crippen LogP contribution in [0.1, 0.15) is 11.7 Å². The number of carbonyl (C=O) groups is 1. The van der Waals surface area contributed by atoms with Crippen LogP contribution in [0.5, 0.6) is 0 Å². The summed E-state index contributed by atoms with van der Waals surface area (Å²) in [5.41, 5.74) is 0. The second-order valence-corrected chi connectivity index (χ2v) is 2.31. The van der Waals surface area contributed by atoms with Gasteiger partial charge in [0.25, 0.3) is 5.91 Å². The molecule has 1 aromatic rings. The second kappa shape index (κ2) is 4.34. The van der Waals surface area contributed by atoms with Gasteiger partial charge in [0.15, 0.2) is 0 Å². The summed E-state index contributed by atoms with van der Waals surface area (Å²) in [5, 5.41) is 0. The first-order chi connectivity index (χ1) is 5.84. The Kier molecular flexibility index (Phi) is 3.08. The predicted octanol–water partition coefficient (Wildman–Crippen LogP) is 2.26. The summed E-state index contributed by atoms with van der Waals surface area (Å²) in [6.45, 7) is 1.91. The van der Waals surface area contributed by atoms with E-state index in [1.165, 1.54) is 10.6 Å². The van der Waals surface area contributed by atoms with Crippen LogP contribution in [-0.2, 0) is 0 Å². The molecule has 0 saturated heterocycles. The van der Waals surface area contributed by atoms with Crippen molar-refractivity contribution in [3.8, 4) is 0 Å². The summed E-state index contributed by atoms with van der Waals surface area (Å²) in [5.74, 6) is -0.0295. The molecule has 1 heterocycles. The molecule has 0 radical (unpaired) electrons. The van der Waals surface area contributed by atoms with Gasteiger partial charge in [-0.3, -0.25) is 9.36 Å². The zero-order valence-corrected chi connectivity index (χ0v) is 6.97. The van der Waals surface area contributed by atoms with Crippen LogP contribution in [0.15, 0.2) is 48.8 Å². The molecule has 2 nitrogen and oxygen atoms in total. The van der Waals surface area contributed by atoms with E-state index >= 15 is 0 Å². The molecule has 0 aromatic carbocycles. The molecule has 62 valence electrons. The van der Waals surface area contributed by atoms with Crippen LogP contribution >= 0.6 is 0 Å². The van der Waals surface area contributed by atoms with Gasteiger partial charge >= 0.3 is 0 Å². The first-order valence-corrected chi connectivity index (χ1v) is 3.81. The summed E-state index contributed by atoms with van der Waals surface area (Å²) in [7, 11) is 0. The number of hydrogen-bond acceptors (Lipinski definition) is 1. The van der Waals surface area contributed by atoms with Crippen molar-refractivity contribution in [1.82, 2.24) is 4.57 Å². The maximum Gasteiger partial charge on any atom is 0.254 e. The highest BCUT2D eigenvalue weighted by Crippen LogP contribution is 1.91. The van der Waals surface area contributed by atoms with Gasteiger partial charge in [0.1, 0.15) is 0 Å². The molecule has 0 saturated carbocycles. The third-order valence-corrected chi connectivity index (χ3v) is 1.40. The molecule has 0 N–H and O–H groups in total. The molecule has 0 aliphatic heterocycles. The van der Waals surface area contributed by atoms with Crippen LogP contribution in [0, 0.1) is 0 Å². The van der Waals surface area contributed by atoms with E-state index in [1.54, 1.807) is 18.5 Å². The van der Waals surface area contributed by atoms with Crippen molar-refractivity contribution < 1.29 is 4.79 Å². The van der Waals surface area contributed by atoms with Crippen molar-refractivity contribution in [3.05, 3.63) is 48.8 Å². The Morgan fingerprint density at radius 3 is 2.50 bits per heavy atom. The van der Waals surface area contributed by atoms with Crippen molar-refractivity contribution in [2.45, 2.75) is 6.92 Å². The highest BCUT2D eigenvalue weighted by Gasteiger charge is 1.94. The monoisotopic (exact) mass is 161 g/mol. The molecule has 1 rings (SSSR count). The van der Waals surface area contributed by atoms with E-state index in [-0.39, 0.29) is 5.91 Å². The molecular formula is C10H11NO. The number of carbonyl (C=O) groups excluding carboxylic acids is 1. The van der Waals surface area contributed by atoms with E-state index in [0.717, 1.165) is 0 Å². The maximum atomic E-state index is 11.2. The number of nitrogens with zero attached hydrogens (tertiary/aromatic N) is 1. The van der Waals surface area contributed by atoms with Crippen LogP contribution in [-0.4, -0.2) is 10.5 Å². The Morgan fingerprint density at radius 2 is 1.92 bits per heavy atom. The van der Waals surface area contributed by atoms with Crippen LogP contribution in [0.3, 0.4) is 0 Å². The molecule has 1 aromatic heterocycles. The lowest BCUT2D eigenvalue weighted by Gasteiger charge is -1.92. The van der Waals surface area contributed by atoms with Gasteiger partial charge in [0.2, 0.25) is 0 Å². The van der Waals surface area contributed by atoms with Crippen LogP contribution < -0.4 is 0 Å². The minimum Gasteiger partial charge on any atom is -0.291 e. The largest absolute Gasteiger partial charge is 0.291 e. The summed E-state index contributed by atoms with van der Waals surface area (Å²) in [6.07, 6.45) is 10.4. The summed E-state index contributed by atoms with van der Waals surface area (Å²) in [4.78, 5) is 11.2. The fourth-order valence-corrected chi connectivity index (χ4v) is 0.816. The van der Waals surface area contributed by atoms with E-state index in [1.807, 2.05) is 31.2 Å². The highest BCUT2D eigenvalue weighted by atomic mass is 16.1. The molecule has 0 bridgehead atoms. The molecule has 0 fully saturated rings. The van der Waals surface area contributed by atoms with Crippen molar-refractivity contribution in [2.75, 3.05) is 0 Å². The topological polar surface area (TPSA) is 22.0 Å². The van der Waals surface area contributed by atoms with Crippen molar-refractivity contribution >= 4 is 5.91 Å². The van der Waals surface area contributed by atoms with Gasteiger partial charge in [-0.15, -0.1) is 0 Å². The lowest BCUT2D eigenvalue weighted by molar-refractivity contribution is 0.0969. The maximum absolute atomic E-state index is 11.2. The number of hydrogen-bond donors (Lipinski definition) is 0. The lowest BCUT2D eigenvalue weighted by atomic mass is 10.4. The van der Waals surface area contributed by atoms with E-state index in [9.17, 15) is 4.79 Å². The summed E-state index contributed by atoms with van der Waals surface area (Å²) < 4.78 is 1.53. The van der Waals surface area contributed by atoms with Gasteiger partial charge < -0.3 is 0 Å². The summed E-state index contributed by atoms with van der Waals surface area (Å²) in [6, 6.07) is 3.64. The Bertz CT molecular complexity index is 294. The molecule has 0 aliphatic carbocycles. The second-order valence-electron chi connectivity index (χ2n) is 2.31. The Labute approximate surface area is 71.8 Å². The standard InChI is InChI=1S/C10H11NO/c1-2-3-4-7-10(12)11-8-5-6-9-11/h2-9H,1H3/b3-2+,7-4+. The van der Waals surface area contributed by atoms with E-state index in [0.29, 0.717) is 0 Å². The van der Waals surface area contributed by atoms with Gasteiger partial charge in [-0.25, -0.2) is 0 Å². The smallest absolute Gasteiger partial charge is 0.254 e. The van der Waals surface area contributed by atoms with Gasteiger partial charge in [-0.05, 0) is 19.1 Å². The van der Waals surface area contributed by atoms with E-state index < -0.39 is 0 Å². The zero-order valence-electron chi connectivity index (χ0n) is 6.97. The van der Waals surface area contributed by atoms with Crippen LogP contribution in [0.2, 0.25) is 0 Å². The number of aromatic nitrogens is 1. The molecule has 0 spiro atoms. The first kappa shape index (κ1) is 8.53. The molecule has 0 unspecified atom stereocenters. The Hall–Kier alpha value is -1.57. The van der Waals surface area contributed by atoms with Gasteiger partial charge in [-0.2, -0.15) is 0 Å². The normalized spacial score (nSPS) is 11.4. The molecule has 0 atom stereocenters.